The number of nitrogens with one attached hydrogen (secondary N) is 1. The molecule has 1 heterocycles. The van der Waals surface area contributed by atoms with E-state index in [4.69, 9.17) is 11.6 Å². The van der Waals surface area contributed by atoms with Crippen LogP contribution in [0.4, 0.5) is 0 Å². The minimum Gasteiger partial charge on any atom is -0.306 e. The van der Waals surface area contributed by atoms with E-state index in [1.165, 1.54) is 31.5 Å². The first-order valence-corrected chi connectivity index (χ1v) is 7.80. The fourth-order valence-electron chi connectivity index (χ4n) is 2.92. The van der Waals surface area contributed by atoms with E-state index in [2.05, 4.69) is 36.2 Å². The van der Waals surface area contributed by atoms with E-state index in [0.29, 0.717) is 12.1 Å². The molecule has 1 fully saturated rings. The molecular formula is C16H25ClN2. The Hall–Kier alpha value is -0.570. The van der Waals surface area contributed by atoms with Gasteiger partial charge in [-0.2, -0.15) is 0 Å². The van der Waals surface area contributed by atoms with Gasteiger partial charge in [-0.15, -0.1) is 0 Å². The molecule has 0 aliphatic carbocycles. The number of likely N-dealkylation sites (tertiary alicyclic amines) is 1. The molecule has 0 spiro atoms. The third-order valence-corrected chi connectivity index (χ3v) is 4.11. The Morgan fingerprint density at radius 3 is 2.68 bits per heavy atom. The molecule has 2 atom stereocenters. The summed E-state index contributed by atoms with van der Waals surface area (Å²) >= 11 is 6.08. The van der Waals surface area contributed by atoms with Crippen molar-refractivity contribution in [3.05, 3.63) is 34.9 Å². The predicted octanol–water partition coefficient (Wildman–Crippen LogP) is 3.87. The highest BCUT2D eigenvalue weighted by molar-refractivity contribution is 6.30. The fraction of sp³-hybridized carbons (Fsp3) is 0.625. The first kappa shape index (κ1) is 14.8. The van der Waals surface area contributed by atoms with Crippen molar-refractivity contribution in [2.24, 2.45) is 0 Å². The van der Waals surface area contributed by atoms with Crippen molar-refractivity contribution < 1.29 is 0 Å². The van der Waals surface area contributed by atoms with Crippen LogP contribution in [0.2, 0.25) is 5.02 Å². The second kappa shape index (κ2) is 7.28. The van der Waals surface area contributed by atoms with Gasteiger partial charge in [-0.1, -0.05) is 30.7 Å². The summed E-state index contributed by atoms with van der Waals surface area (Å²) < 4.78 is 0. The summed E-state index contributed by atoms with van der Waals surface area (Å²) in [6.45, 7) is 8.18. The maximum absolute atomic E-state index is 6.08. The van der Waals surface area contributed by atoms with Gasteiger partial charge < -0.3 is 10.2 Å². The van der Waals surface area contributed by atoms with Gasteiger partial charge in [-0.25, -0.2) is 0 Å². The molecule has 0 amide bonds. The molecule has 0 radical (unpaired) electrons. The molecule has 1 aromatic carbocycles. The molecule has 1 aromatic rings. The van der Waals surface area contributed by atoms with E-state index in [0.717, 1.165) is 18.0 Å². The minimum atomic E-state index is 0.399. The first-order chi connectivity index (χ1) is 9.19. The molecule has 0 bridgehead atoms. The van der Waals surface area contributed by atoms with Gasteiger partial charge in [0.15, 0.2) is 0 Å². The maximum Gasteiger partial charge on any atom is 0.0409 e. The lowest BCUT2D eigenvalue weighted by molar-refractivity contribution is 0.284. The van der Waals surface area contributed by atoms with Crippen LogP contribution in [0.15, 0.2) is 24.3 Å². The molecule has 19 heavy (non-hydrogen) atoms. The Morgan fingerprint density at radius 2 is 2.05 bits per heavy atom. The molecule has 0 saturated carbocycles. The third kappa shape index (κ3) is 4.48. The van der Waals surface area contributed by atoms with Crippen LogP contribution in [0.5, 0.6) is 0 Å². The molecular weight excluding hydrogens is 256 g/mol. The highest BCUT2D eigenvalue weighted by atomic mass is 35.5. The Bertz CT molecular complexity index is 388. The maximum atomic E-state index is 6.08. The Labute approximate surface area is 122 Å². The van der Waals surface area contributed by atoms with E-state index in [1.54, 1.807) is 0 Å². The highest BCUT2D eigenvalue weighted by Gasteiger charge is 2.17. The molecule has 0 aromatic heterocycles. The van der Waals surface area contributed by atoms with Gasteiger partial charge in [0, 0.05) is 23.7 Å². The molecule has 3 heteroatoms. The Kier molecular flexibility index (Phi) is 5.68. The van der Waals surface area contributed by atoms with Crippen molar-refractivity contribution in [1.82, 2.24) is 10.2 Å². The number of hydrogen-bond donors (Lipinski definition) is 1. The van der Waals surface area contributed by atoms with Gasteiger partial charge in [-0.3, -0.25) is 0 Å². The second-order valence-electron chi connectivity index (χ2n) is 5.59. The second-order valence-corrected chi connectivity index (χ2v) is 6.03. The van der Waals surface area contributed by atoms with Crippen LogP contribution in [0, 0.1) is 0 Å². The fourth-order valence-corrected chi connectivity index (χ4v) is 3.12. The number of hydrogen-bond acceptors (Lipinski definition) is 2. The lowest BCUT2D eigenvalue weighted by atomic mass is 10.0. The topological polar surface area (TPSA) is 15.3 Å². The van der Waals surface area contributed by atoms with Crippen molar-refractivity contribution >= 4 is 11.6 Å². The predicted molar refractivity (Wildman–Crippen MR) is 82.8 cm³/mol. The number of nitrogens with zero attached hydrogens (tertiary/aromatic N) is 1. The largest absolute Gasteiger partial charge is 0.306 e. The van der Waals surface area contributed by atoms with Gasteiger partial charge in [-0.05, 0) is 57.0 Å². The first-order valence-electron chi connectivity index (χ1n) is 7.43. The average molecular weight is 281 g/mol. The molecule has 2 unspecified atom stereocenters. The zero-order chi connectivity index (χ0) is 13.7. The molecule has 1 aliphatic rings. The monoisotopic (exact) mass is 280 g/mol. The summed E-state index contributed by atoms with van der Waals surface area (Å²) in [7, 11) is 0. The van der Waals surface area contributed by atoms with E-state index in [9.17, 15) is 0 Å². The van der Waals surface area contributed by atoms with Crippen LogP contribution in [-0.4, -0.2) is 30.6 Å². The SMILES string of the molecule is CCC(NC(C)CN1CCCC1)c1cccc(Cl)c1. The number of rotatable bonds is 6. The summed E-state index contributed by atoms with van der Waals surface area (Å²) in [5.74, 6) is 0. The number of benzene rings is 1. The van der Waals surface area contributed by atoms with Crippen LogP contribution in [-0.2, 0) is 0 Å². The van der Waals surface area contributed by atoms with Crippen LogP contribution in [0.3, 0.4) is 0 Å². The Morgan fingerprint density at radius 1 is 1.32 bits per heavy atom. The van der Waals surface area contributed by atoms with Gasteiger partial charge in [0.1, 0.15) is 0 Å². The van der Waals surface area contributed by atoms with Gasteiger partial charge >= 0.3 is 0 Å². The Balaban J connectivity index is 1.90. The zero-order valence-electron chi connectivity index (χ0n) is 12.0. The highest BCUT2D eigenvalue weighted by Crippen LogP contribution is 2.21. The van der Waals surface area contributed by atoms with Crippen LogP contribution in [0.1, 0.15) is 44.7 Å². The lowest BCUT2D eigenvalue weighted by Gasteiger charge is -2.26. The average Bonchev–Trinajstić information content (AvgIpc) is 2.88. The molecule has 2 rings (SSSR count). The normalized spacial score (nSPS) is 19.5. The zero-order valence-corrected chi connectivity index (χ0v) is 12.8. The number of halogens is 1. The summed E-state index contributed by atoms with van der Waals surface area (Å²) in [6, 6.07) is 9.12. The van der Waals surface area contributed by atoms with Crippen LogP contribution < -0.4 is 5.32 Å². The van der Waals surface area contributed by atoms with Gasteiger partial charge in [0.2, 0.25) is 0 Å². The van der Waals surface area contributed by atoms with Crippen LogP contribution in [0.25, 0.3) is 0 Å². The van der Waals surface area contributed by atoms with Crippen molar-refractivity contribution in [2.45, 2.75) is 45.2 Å². The van der Waals surface area contributed by atoms with Crippen molar-refractivity contribution in [2.75, 3.05) is 19.6 Å². The molecule has 2 nitrogen and oxygen atoms in total. The summed E-state index contributed by atoms with van der Waals surface area (Å²) in [4.78, 5) is 2.56. The summed E-state index contributed by atoms with van der Waals surface area (Å²) in [5, 5.41) is 4.56. The van der Waals surface area contributed by atoms with E-state index in [1.807, 2.05) is 12.1 Å². The van der Waals surface area contributed by atoms with E-state index < -0.39 is 0 Å². The molecule has 106 valence electrons. The van der Waals surface area contributed by atoms with Crippen LogP contribution >= 0.6 is 11.6 Å². The minimum absolute atomic E-state index is 0.399. The summed E-state index contributed by atoms with van der Waals surface area (Å²) in [5.41, 5.74) is 1.29. The smallest absolute Gasteiger partial charge is 0.0409 e. The third-order valence-electron chi connectivity index (χ3n) is 3.88. The van der Waals surface area contributed by atoms with Crippen molar-refractivity contribution in [3.8, 4) is 0 Å². The van der Waals surface area contributed by atoms with E-state index >= 15 is 0 Å². The summed E-state index contributed by atoms with van der Waals surface area (Å²) in [6.07, 6.45) is 3.81. The van der Waals surface area contributed by atoms with E-state index in [-0.39, 0.29) is 0 Å². The van der Waals surface area contributed by atoms with Crippen molar-refractivity contribution in [3.63, 3.8) is 0 Å². The standard InChI is InChI=1S/C16H25ClN2/c1-3-16(14-7-6-8-15(17)11-14)18-13(2)12-19-9-4-5-10-19/h6-8,11,13,16,18H,3-5,9-10,12H2,1-2H3. The van der Waals surface area contributed by atoms with Gasteiger partial charge in [0.25, 0.3) is 0 Å². The molecule has 1 N–H and O–H groups in total. The molecule has 1 saturated heterocycles. The quantitative estimate of drug-likeness (QED) is 0.851. The van der Waals surface area contributed by atoms with Gasteiger partial charge in [0.05, 0.1) is 0 Å². The van der Waals surface area contributed by atoms with Crippen molar-refractivity contribution in [1.29, 1.82) is 0 Å². The molecule has 1 aliphatic heterocycles. The lowest BCUT2D eigenvalue weighted by Crippen LogP contribution is -2.39.